The van der Waals surface area contributed by atoms with Crippen LogP contribution < -0.4 is 5.32 Å². The summed E-state index contributed by atoms with van der Waals surface area (Å²) in [5.74, 6) is 0.554. The minimum atomic E-state index is 0.554. The van der Waals surface area contributed by atoms with Gasteiger partial charge in [0.2, 0.25) is 0 Å². The summed E-state index contributed by atoms with van der Waals surface area (Å²) in [7, 11) is 0. The Balaban J connectivity index is 1.81. The Labute approximate surface area is 100 Å². The Bertz CT molecular complexity index is 486. The summed E-state index contributed by atoms with van der Waals surface area (Å²) < 4.78 is 5.59. The summed E-state index contributed by atoms with van der Waals surface area (Å²) in [6.07, 6.45) is 2.96. The van der Waals surface area contributed by atoms with Crippen molar-refractivity contribution < 1.29 is 4.74 Å². The molecule has 1 aliphatic rings. The fraction of sp³-hybridized carbons (Fsp3) is 0.462. The van der Waals surface area contributed by atoms with E-state index in [2.05, 4.69) is 33.7 Å². The van der Waals surface area contributed by atoms with Crippen LogP contribution in [-0.4, -0.2) is 36.5 Å². The molecule has 1 fully saturated rings. The van der Waals surface area contributed by atoms with Crippen molar-refractivity contribution in [3.8, 4) is 0 Å². The summed E-state index contributed by atoms with van der Waals surface area (Å²) in [4.78, 5) is 0. The Morgan fingerprint density at radius 1 is 1.41 bits per heavy atom. The largest absolute Gasteiger partial charge is 0.380 e. The molecule has 4 nitrogen and oxygen atoms in total. The van der Waals surface area contributed by atoms with Gasteiger partial charge < -0.3 is 10.1 Å². The van der Waals surface area contributed by atoms with E-state index in [-0.39, 0.29) is 0 Å². The van der Waals surface area contributed by atoms with E-state index in [0.29, 0.717) is 5.92 Å². The number of H-pyrrole nitrogens is 1. The average Bonchev–Trinajstić information content (AvgIpc) is 2.69. The first kappa shape index (κ1) is 10.7. The van der Waals surface area contributed by atoms with E-state index < -0.39 is 0 Å². The van der Waals surface area contributed by atoms with Crippen LogP contribution in [0.1, 0.15) is 5.56 Å². The van der Waals surface area contributed by atoms with Gasteiger partial charge in [0.25, 0.3) is 0 Å². The zero-order chi connectivity index (χ0) is 11.5. The van der Waals surface area contributed by atoms with Gasteiger partial charge in [-0.05, 0) is 24.0 Å². The molecule has 0 bridgehead atoms. The molecule has 1 atom stereocenters. The molecule has 0 amide bonds. The second kappa shape index (κ2) is 4.85. The molecule has 0 saturated carbocycles. The average molecular weight is 231 g/mol. The maximum Gasteiger partial charge on any atom is 0.0653 e. The fourth-order valence-electron chi connectivity index (χ4n) is 2.41. The van der Waals surface area contributed by atoms with Crippen LogP contribution in [0.2, 0.25) is 0 Å². The van der Waals surface area contributed by atoms with Gasteiger partial charge in [0.15, 0.2) is 0 Å². The lowest BCUT2D eigenvalue weighted by molar-refractivity contribution is 0.123. The number of benzene rings is 1. The van der Waals surface area contributed by atoms with E-state index in [1.54, 1.807) is 0 Å². The lowest BCUT2D eigenvalue weighted by Crippen LogP contribution is -2.24. The van der Waals surface area contributed by atoms with Gasteiger partial charge in [-0.25, -0.2) is 0 Å². The van der Waals surface area contributed by atoms with Gasteiger partial charge in [-0.1, -0.05) is 12.1 Å². The van der Waals surface area contributed by atoms with Gasteiger partial charge in [0.1, 0.15) is 0 Å². The first-order chi connectivity index (χ1) is 8.43. The third-order valence-corrected chi connectivity index (χ3v) is 3.29. The standard InChI is InChI=1S/C13H17N3O/c1-2-11(12-8-15-16-13(12)3-1)6-10-7-14-4-5-17-9-10/h1-3,8,10,14H,4-7,9H2,(H,15,16)/t10-/m0/s1. The van der Waals surface area contributed by atoms with Crippen LogP contribution in [0.15, 0.2) is 24.4 Å². The predicted molar refractivity (Wildman–Crippen MR) is 67.0 cm³/mol. The van der Waals surface area contributed by atoms with E-state index in [0.717, 1.165) is 38.2 Å². The molecule has 2 aromatic rings. The van der Waals surface area contributed by atoms with Gasteiger partial charge in [0, 0.05) is 18.5 Å². The van der Waals surface area contributed by atoms with Crippen molar-refractivity contribution in [1.29, 1.82) is 0 Å². The number of fused-ring (bicyclic) bond motifs is 1. The molecule has 1 saturated heterocycles. The van der Waals surface area contributed by atoms with Gasteiger partial charge in [0.05, 0.1) is 24.9 Å². The van der Waals surface area contributed by atoms with E-state index >= 15 is 0 Å². The topological polar surface area (TPSA) is 49.9 Å². The van der Waals surface area contributed by atoms with Gasteiger partial charge in [-0.2, -0.15) is 5.10 Å². The predicted octanol–water partition coefficient (Wildman–Crippen LogP) is 1.34. The summed E-state index contributed by atoms with van der Waals surface area (Å²) in [5, 5.41) is 11.8. The molecule has 3 rings (SSSR count). The molecular weight excluding hydrogens is 214 g/mol. The third kappa shape index (κ3) is 2.33. The fourth-order valence-corrected chi connectivity index (χ4v) is 2.41. The van der Waals surface area contributed by atoms with Gasteiger partial charge in [-0.3, -0.25) is 5.10 Å². The van der Waals surface area contributed by atoms with Crippen LogP contribution in [0.5, 0.6) is 0 Å². The zero-order valence-electron chi connectivity index (χ0n) is 9.78. The number of aromatic nitrogens is 2. The highest BCUT2D eigenvalue weighted by molar-refractivity contribution is 5.81. The molecule has 1 aliphatic heterocycles. The number of hydrogen-bond acceptors (Lipinski definition) is 3. The normalized spacial score (nSPS) is 21.5. The molecule has 17 heavy (non-hydrogen) atoms. The first-order valence-electron chi connectivity index (χ1n) is 6.13. The van der Waals surface area contributed by atoms with E-state index in [1.165, 1.54) is 10.9 Å². The molecule has 2 N–H and O–H groups in total. The number of rotatable bonds is 2. The van der Waals surface area contributed by atoms with E-state index in [9.17, 15) is 0 Å². The minimum absolute atomic E-state index is 0.554. The Morgan fingerprint density at radius 3 is 3.41 bits per heavy atom. The lowest BCUT2D eigenvalue weighted by atomic mass is 9.97. The number of nitrogens with zero attached hydrogens (tertiary/aromatic N) is 1. The van der Waals surface area contributed by atoms with Crippen molar-refractivity contribution in [1.82, 2.24) is 15.5 Å². The van der Waals surface area contributed by atoms with Gasteiger partial charge >= 0.3 is 0 Å². The Hall–Kier alpha value is -1.39. The molecule has 0 radical (unpaired) electrons. The van der Waals surface area contributed by atoms with E-state index in [1.807, 2.05) is 6.20 Å². The number of aromatic amines is 1. The summed E-state index contributed by atoms with van der Waals surface area (Å²) in [6, 6.07) is 6.33. The van der Waals surface area contributed by atoms with Crippen molar-refractivity contribution in [2.24, 2.45) is 5.92 Å². The Morgan fingerprint density at radius 2 is 2.41 bits per heavy atom. The summed E-state index contributed by atoms with van der Waals surface area (Å²) in [6.45, 7) is 3.67. The molecule has 0 unspecified atom stereocenters. The van der Waals surface area contributed by atoms with E-state index in [4.69, 9.17) is 4.74 Å². The lowest BCUT2D eigenvalue weighted by Gasteiger charge is -2.14. The van der Waals surface area contributed by atoms with Crippen LogP contribution in [-0.2, 0) is 11.2 Å². The van der Waals surface area contributed by atoms with Crippen molar-refractivity contribution in [2.75, 3.05) is 26.3 Å². The molecule has 2 heterocycles. The van der Waals surface area contributed by atoms with Crippen molar-refractivity contribution in [3.63, 3.8) is 0 Å². The molecule has 1 aromatic heterocycles. The molecule has 1 aromatic carbocycles. The van der Waals surface area contributed by atoms with Crippen molar-refractivity contribution in [3.05, 3.63) is 30.0 Å². The highest BCUT2D eigenvalue weighted by Gasteiger charge is 2.14. The molecule has 0 spiro atoms. The van der Waals surface area contributed by atoms with Crippen LogP contribution in [0, 0.1) is 5.92 Å². The van der Waals surface area contributed by atoms with Crippen LogP contribution >= 0.6 is 0 Å². The van der Waals surface area contributed by atoms with Crippen LogP contribution in [0.3, 0.4) is 0 Å². The Kier molecular flexibility index (Phi) is 3.07. The second-order valence-corrected chi connectivity index (χ2v) is 4.60. The highest BCUT2D eigenvalue weighted by Crippen LogP contribution is 2.19. The summed E-state index contributed by atoms with van der Waals surface area (Å²) >= 11 is 0. The highest BCUT2D eigenvalue weighted by atomic mass is 16.5. The third-order valence-electron chi connectivity index (χ3n) is 3.29. The number of ether oxygens (including phenoxy) is 1. The number of nitrogens with one attached hydrogen (secondary N) is 2. The molecule has 0 aliphatic carbocycles. The van der Waals surface area contributed by atoms with Crippen molar-refractivity contribution >= 4 is 10.9 Å². The minimum Gasteiger partial charge on any atom is -0.380 e. The van der Waals surface area contributed by atoms with Crippen LogP contribution in [0.25, 0.3) is 10.9 Å². The first-order valence-corrected chi connectivity index (χ1v) is 6.13. The smallest absolute Gasteiger partial charge is 0.0653 e. The second-order valence-electron chi connectivity index (χ2n) is 4.60. The molecular formula is C13H17N3O. The molecule has 4 heteroatoms. The number of hydrogen-bond donors (Lipinski definition) is 2. The maximum absolute atomic E-state index is 5.59. The van der Waals surface area contributed by atoms with Crippen molar-refractivity contribution in [2.45, 2.75) is 6.42 Å². The van der Waals surface area contributed by atoms with Gasteiger partial charge in [-0.15, -0.1) is 0 Å². The van der Waals surface area contributed by atoms with Crippen LogP contribution in [0.4, 0.5) is 0 Å². The quantitative estimate of drug-likeness (QED) is 0.820. The zero-order valence-corrected chi connectivity index (χ0v) is 9.78. The maximum atomic E-state index is 5.59. The summed E-state index contributed by atoms with van der Waals surface area (Å²) in [5.41, 5.74) is 2.47. The SMILES string of the molecule is c1cc(C[C@H]2CNCCOC2)c2cn[nH]c2c1. The monoisotopic (exact) mass is 231 g/mol. The molecule has 90 valence electrons.